The lowest BCUT2D eigenvalue weighted by Crippen LogP contribution is -2.30. The molecule has 4 heteroatoms. The Hall–Kier alpha value is -1.84. The Kier molecular flexibility index (Phi) is 15.7. The first-order valence-corrected chi connectivity index (χ1v) is 12.4. The van der Waals surface area contributed by atoms with Crippen LogP contribution in [-0.4, -0.2) is 24.9 Å². The molecule has 0 aliphatic carbocycles. The third kappa shape index (κ3) is 12.0. The molecule has 1 aromatic rings. The topological polar surface area (TPSA) is 58.2 Å². The molecular formula is C26H44N2O2. The van der Waals surface area contributed by atoms with Crippen molar-refractivity contribution < 1.29 is 9.59 Å². The van der Waals surface area contributed by atoms with Crippen LogP contribution in [0.25, 0.3) is 0 Å². The third-order valence-corrected chi connectivity index (χ3v) is 5.55. The smallest absolute Gasteiger partial charge is 0.252 e. The van der Waals surface area contributed by atoms with Gasteiger partial charge in [0.2, 0.25) is 0 Å². The van der Waals surface area contributed by atoms with Crippen LogP contribution in [0.1, 0.15) is 124 Å². The minimum atomic E-state index is -0.150. The lowest BCUT2D eigenvalue weighted by molar-refractivity contribution is 0.0918. The molecule has 0 heterocycles. The lowest BCUT2D eigenvalue weighted by Gasteiger charge is -2.11. The molecule has 0 unspecified atom stereocenters. The molecule has 0 atom stereocenters. The van der Waals surface area contributed by atoms with Crippen molar-refractivity contribution >= 4 is 11.8 Å². The zero-order chi connectivity index (χ0) is 21.9. The van der Waals surface area contributed by atoms with Gasteiger partial charge in [-0.2, -0.15) is 0 Å². The van der Waals surface area contributed by atoms with Gasteiger partial charge >= 0.3 is 0 Å². The maximum Gasteiger partial charge on any atom is 0.252 e. The summed E-state index contributed by atoms with van der Waals surface area (Å²) < 4.78 is 0. The molecule has 2 amide bonds. The van der Waals surface area contributed by atoms with Crippen molar-refractivity contribution in [2.45, 2.75) is 104 Å². The molecule has 1 aromatic carbocycles. The molecule has 1 rings (SSSR count). The quantitative estimate of drug-likeness (QED) is 0.263. The second kappa shape index (κ2) is 18.0. The van der Waals surface area contributed by atoms with E-state index in [4.69, 9.17) is 0 Å². The van der Waals surface area contributed by atoms with Crippen LogP contribution >= 0.6 is 0 Å². The predicted octanol–water partition coefficient (Wildman–Crippen LogP) is 6.65. The average Bonchev–Trinajstić information content (AvgIpc) is 2.77. The largest absolute Gasteiger partial charge is 0.352 e. The lowest BCUT2D eigenvalue weighted by atomic mass is 10.1. The van der Waals surface area contributed by atoms with E-state index in [0.29, 0.717) is 24.2 Å². The molecule has 0 spiro atoms. The molecule has 0 saturated carbocycles. The minimum Gasteiger partial charge on any atom is -0.352 e. The monoisotopic (exact) mass is 416 g/mol. The minimum absolute atomic E-state index is 0.150. The van der Waals surface area contributed by atoms with E-state index in [1.165, 1.54) is 64.2 Å². The molecule has 0 aromatic heterocycles. The van der Waals surface area contributed by atoms with Crippen molar-refractivity contribution in [3.8, 4) is 0 Å². The Balaban J connectivity index is 2.29. The van der Waals surface area contributed by atoms with Crippen LogP contribution in [0.5, 0.6) is 0 Å². The fraction of sp³-hybridized carbons (Fsp3) is 0.692. The molecule has 0 aliphatic rings. The van der Waals surface area contributed by atoms with Gasteiger partial charge in [-0.15, -0.1) is 0 Å². The number of hydrogen-bond donors (Lipinski definition) is 2. The first-order chi connectivity index (χ1) is 14.7. The summed E-state index contributed by atoms with van der Waals surface area (Å²) in [7, 11) is 0. The zero-order valence-electron chi connectivity index (χ0n) is 19.4. The van der Waals surface area contributed by atoms with Crippen LogP contribution in [0, 0.1) is 0 Å². The van der Waals surface area contributed by atoms with E-state index in [1.54, 1.807) is 12.1 Å². The third-order valence-electron chi connectivity index (χ3n) is 5.55. The van der Waals surface area contributed by atoms with Crippen LogP contribution in [0.3, 0.4) is 0 Å². The summed E-state index contributed by atoms with van der Waals surface area (Å²) in [5.41, 5.74) is 0.940. The second-order valence-electron chi connectivity index (χ2n) is 8.30. The van der Waals surface area contributed by atoms with Gasteiger partial charge in [0.15, 0.2) is 0 Å². The molecule has 0 aliphatic heterocycles. The maximum atomic E-state index is 12.6. The van der Waals surface area contributed by atoms with Gasteiger partial charge in [0.05, 0.1) is 11.1 Å². The van der Waals surface area contributed by atoms with Crippen molar-refractivity contribution in [2.24, 2.45) is 0 Å². The summed E-state index contributed by atoms with van der Waals surface area (Å²) in [6.07, 6.45) is 17.1. The highest BCUT2D eigenvalue weighted by atomic mass is 16.2. The van der Waals surface area contributed by atoms with Gasteiger partial charge in [0.25, 0.3) is 11.8 Å². The number of rotatable bonds is 18. The summed E-state index contributed by atoms with van der Waals surface area (Å²) >= 11 is 0. The van der Waals surface area contributed by atoms with Crippen LogP contribution in [0.2, 0.25) is 0 Å². The average molecular weight is 417 g/mol. The summed E-state index contributed by atoms with van der Waals surface area (Å²) in [4.78, 5) is 25.1. The van der Waals surface area contributed by atoms with E-state index < -0.39 is 0 Å². The van der Waals surface area contributed by atoms with Gasteiger partial charge in [-0.05, 0) is 25.0 Å². The standard InChI is InChI=1S/C26H44N2O2/c1-3-5-7-9-11-13-17-21-27-25(29)23-19-15-16-20-24(23)26(30)28-22-18-14-12-10-8-6-4-2/h15-16,19-20H,3-14,17-18,21-22H2,1-2H3,(H,27,29)(H,28,30). The number of amides is 2. The van der Waals surface area contributed by atoms with Crippen LogP contribution in [0.4, 0.5) is 0 Å². The first kappa shape index (κ1) is 26.2. The highest BCUT2D eigenvalue weighted by molar-refractivity contribution is 6.07. The summed E-state index contributed by atoms with van der Waals surface area (Å²) in [5, 5.41) is 5.96. The highest BCUT2D eigenvalue weighted by Crippen LogP contribution is 2.11. The Morgan fingerprint density at radius 3 is 1.27 bits per heavy atom. The Labute approximate surface area is 184 Å². The molecule has 170 valence electrons. The Bertz CT molecular complexity index is 535. The summed E-state index contributed by atoms with van der Waals surface area (Å²) in [5.74, 6) is -0.301. The van der Waals surface area contributed by atoms with Gasteiger partial charge in [-0.3, -0.25) is 9.59 Å². The van der Waals surface area contributed by atoms with E-state index in [-0.39, 0.29) is 11.8 Å². The zero-order valence-corrected chi connectivity index (χ0v) is 19.4. The predicted molar refractivity (Wildman–Crippen MR) is 127 cm³/mol. The number of nitrogens with one attached hydrogen (secondary N) is 2. The Morgan fingerprint density at radius 2 is 0.900 bits per heavy atom. The van der Waals surface area contributed by atoms with Gasteiger partial charge in [-0.1, -0.05) is 103 Å². The molecule has 4 nitrogen and oxygen atoms in total. The second-order valence-corrected chi connectivity index (χ2v) is 8.30. The van der Waals surface area contributed by atoms with Crippen molar-refractivity contribution in [3.63, 3.8) is 0 Å². The maximum absolute atomic E-state index is 12.6. The normalized spacial score (nSPS) is 10.7. The van der Waals surface area contributed by atoms with Crippen molar-refractivity contribution in [1.82, 2.24) is 10.6 Å². The fourth-order valence-electron chi connectivity index (χ4n) is 3.64. The molecule has 0 bridgehead atoms. The summed E-state index contributed by atoms with van der Waals surface area (Å²) in [6.45, 7) is 5.79. The van der Waals surface area contributed by atoms with E-state index in [9.17, 15) is 9.59 Å². The van der Waals surface area contributed by atoms with Crippen LogP contribution in [0.15, 0.2) is 24.3 Å². The van der Waals surface area contributed by atoms with Gasteiger partial charge < -0.3 is 10.6 Å². The fourth-order valence-corrected chi connectivity index (χ4v) is 3.64. The molecule has 30 heavy (non-hydrogen) atoms. The highest BCUT2D eigenvalue weighted by Gasteiger charge is 2.15. The van der Waals surface area contributed by atoms with Gasteiger partial charge in [-0.25, -0.2) is 0 Å². The van der Waals surface area contributed by atoms with Crippen molar-refractivity contribution in [2.75, 3.05) is 13.1 Å². The number of carbonyl (C=O) groups is 2. The number of unbranched alkanes of at least 4 members (excludes halogenated alkanes) is 12. The van der Waals surface area contributed by atoms with E-state index in [1.807, 2.05) is 12.1 Å². The first-order valence-electron chi connectivity index (χ1n) is 12.4. The SMILES string of the molecule is CCCCCCCCCNC(=O)c1ccccc1C(=O)NCCCCCCCCC. The number of hydrogen-bond acceptors (Lipinski definition) is 2. The van der Waals surface area contributed by atoms with E-state index in [0.717, 1.165) is 25.7 Å². The molecule has 0 saturated heterocycles. The summed E-state index contributed by atoms with van der Waals surface area (Å²) in [6, 6.07) is 7.11. The van der Waals surface area contributed by atoms with Gasteiger partial charge in [0.1, 0.15) is 0 Å². The van der Waals surface area contributed by atoms with Crippen molar-refractivity contribution in [1.29, 1.82) is 0 Å². The number of benzene rings is 1. The molecule has 0 radical (unpaired) electrons. The van der Waals surface area contributed by atoms with E-state index >= 15 is 0 Å². The molecule has 2 N–H and O–H groups in total. The van der Waals surface area contributed by atoms with Crippen LogP contribution < -0.4 is 10.6 Å². The molecular weight excluding hydrogens is 372 g/mol. The van der Waals surface area contributed by atoms with Crippen LogP contribution in [-0.2, 0) is 0 Å². The molecule has 0 fully saturated rings. The van der Waals surface area contributed by atoms with E-state index in [2.05, 4.69) is 24.5 Å². The van der Waals surface area contributed by atoms with Gasteiger partial charge in [0, 0.05) is 13.1 Å². The number of carbonyl (C=O) groups excluding carboxylic acids is 2. The Morgan fingerprint density at radius 1 is 0.567 bits per heavy atom. The van der Waals surface area contributed by atoms with Crippen molar-refractivity contribution in [3.05, 3.63) is 35.4 Å².